The largest absolute Gasteiger partial charge is 0.289 e. The van der Waals surface area contributed by atoms with Gasteiger partial charge in [0.25, 0.3) is 5.91 Å². The van der Waals surface area contributed by atoms with Gasteiger partial charge in [0.1, 0.15) is 5.69 Å². The number of amides is 1. The molecule has 1 heterocycles. The number of pyridine rings is 1. The number of carbonyl (C=O) groups excluding carboxylic acids is 1. The monoisotopic (exact) mass is 209 g/mol. The maximum absolute atomic E-state index is 10.7. The van der Waals surface area contributed by atoms with Crippen molar-refractivity contribution < 1.29 is 4.79 Å². The number of nitrogens with zero attached hydrogens (tertiary/aromatic N) is 1. The van der Waals surface area contributed by atoms with Crippen LogP contribution in [0, 0.1) is 0 Å². The molecule has 0 aliphatic carbocycles. The van der Waals surface area contributed by atoms with Crippen LogP contribution in [0.1, 0.15) is 10.5 Å². The highest BCUT2D eigenvalue weighted by Gasteiger charge is 2.00. The molecule has 12 heavy (non-hydrogen) atoms. The van der Waals surface area contributed by atoms with Gasteiger partial charge in [-0.25, -0.2) is 5.84 Å². The van der Waals surface area contributed by atoms with Crippen molar-refractivity contribution >= 4 is 30.7 Å². The molecule has 0 aromatic carbocycles. The van der Waals surface area contributed by atoms with E-state index in [1.165, 1.54) is 6.20 Å². The summed E-state index contributed by atoms with van der Waals surface area (Å²) in [6, 6.07) is 5.03. The number of carbonyl (C=O) groups is 1. The van der Waals surface area contributed by atoms with Crippen LogP contribution in [-0.4, -0.2) is 10.9 Å². The van der Waals surface area contributed by atoms with Crippen LogP contribution in [0.3, 0.4) is 0 Å². The fourth-order valence-corrected chi connectivity index (χ4v) is 0.571. The summed E-state index contributed by atoms with van der Waals surface area (Å²) in [5.41, 5.74) is 2.30. The number of nitrogens with one attached hydrogen (secondary N) is 1. The van der Waals surface area contributed by atoms with E-state index in [0.29, 0.717) is 5.69 Å². The van der Waals surface area contributed by atoms with Crippen molar-refractivity contribution in [1.82, 2.24) is 10.4 Å². The van der Waals surface area contributed by atoms with Crippen molar-refractivity contribution in [2.24, 2.45) is 5.84 Å². The fraction of sp³-hybridized carbons (Fsp3) is 0. The molecule has 0 spiro atoms. The molecule has 3 N–H and O–H groups in total. The summed E-state index contributed by atoms with van der Waals surface area (Å²) >= 11 is 0. The van der Waals surface area contributed by atoms with Crippen LogP contribution in [0.15, 0.2) is 24.4 Å². The molecule has 0 bridgehead atoms. The lowest BCUT2D eigenvalue weighted by Gasteiger charge is -1.94. The summed E-state index contributed by atoms with van der Waals surface area (Å²) < 4.78 is 0. The van der Waals surface area contributed by atoms with Gasteiger partial charge < -0.3 is 0 Å². The molecule has 0 radical (unpaired) electrons. The Balaban J connectivity index is 0. The first kappa shape index (κ1) is 13.7. The Kier molecular flexibility index (Phi) is 7.83. The third-order valence-electron chi connectivity index (χ3n) is 1.03. The third-order valence-corrected chi connectivity index (χ3v) is 1.03. The van der Waals surface area contributed by atoms with Crippen molar-refractivity contribution in [1.29, 1.82) is 0 Å². The molecule has 0 aliphatic rings. The van der Waals surface area contributed by atoms with E-state index in [-0.39, 0.29) is 30.7 Å². The van der Waals surface area contributed by atoms with Crippen molar-refractivity contribution in [3.05, 3.63) is 30.1 Å². The van der Waals surface area contributed by atoms with Gasteiger partial charge in [-0.05, 0) is 12.1 Å². The molecular weight excluding hydrogens is 201 g/mol. The lowest BCUT2D eigenvalue weighted by Crippen LogP contribution is -2.30. The quantitative estimate of drug-likeness (QED) is 0.403. The number of hydrazine groups is 1. The van der Waals surface area contributed by atoms with Gasteiger partial charge in [-0.1, -0.05) is 6.07 Å². The molecule has 0 aliphatic heterocycles. The second-order valence-corrected chi connectivity index (χ2v) is 1.69. The van der Waals surface area contributed by atoms with Crippen LogP contribution in [0.5, 0.6) is 0 Å². The number of nitrogen functional groups attached to an aromatic ring is 1. The average Bonchev–Trinajstić information content (AvgIpc) is 2.05. The minimum absolute atomic E-state index is 0. The van der Waals surface area contributed by atoms with Gasteiger partial charge in [0.05, 0.1) is 0 Å². The molecule has 0 fully saturated rings. The normalized spacial score (nSPS) is 7.42. The second kappa shape index (κ2) is 6.84. The van der Waals surface area contributed by atoms with Gasteiger partial charge in [-0.2, -0.15) is 0 Å². The van der Waals surface area contributed by atoms with Gasteiger partial charge in [0.15, 0.2) is 0 Å². The predicted octanol–water partition coefficient (Wildman–Crippen LogP) is 0.529. The highest BCUT2D eigenvalue weighted by atomic mass is 35.5. The molecule has 1 aromatic heterocycles. The zero-order valence-electron chi connectivity index (χ0n) is 6.06. The number of hydrogen-bond donors (Lipinski definition) is 2. The first-order valence-corrected chi connectivity index (χ1v) is 2.76. The summed E-state index contributed by atoms with van der Waals surface area (Å²) in [7, 11) is 0. The fourth-order valence-electron chi connectivity index (χ4n) is 0.571. The van der Waals surface area contributed by atoms with Gasteiger partial charge in [-0.15, -0.1) is 24.8 Å². The molecule has 0 unspecified atom stereocenters. The number of nitrogens with two attached hydrogens (primary N) is 1. The first-order chi connectivity index (χ1) is 4.84. The van der Waals surface area contributed by atoms with Crippen LogP contribution in [-0.2, 0) is 0 Å². The molecule has 0 saturated carbocycles. The molecule has 4 nitrogen and oxygen atoms in total. The Morgan fingerprint density at radius 3 is 2.50 bits per heavy atom. The highest BCUT2D eigenvalue weighted by molar-refractivity contribution is 5.91. The van der Waals surface area contributed by atoms with E-state index in [1.807, 2.05) is 5.43 Å². The SMILES string of the molecule is Cl.Cl.NNC(=O)c1ccccn1. The van der Waals surface area contributed by atoms with Gasteiger partial charge in [0.2, 0.25) is 0 Å². The predicted molar refractivity (Wildman–Crippen MR) is 50.4 cm³/mol. The Labute approximate surface area is 82.3 Å². The van der Waals surface area contributed by atoms with E-state index in [2.05, 4.69) is 4.98 Å². The summed E-state index contributed by atoms with van der Waals surface area (Å²) in [5, 5.41) is 0. The molecule has 6 heteroatoms. The Hall–Kier alpha value is -0.840. The Morgan fingerprint density at radius 1 is 1.42 bits per heavy atom. The minimum Gasteiger partial charge on any atom is -0.289 e. The minimum atomic E-state index is -0.374. The second-order valence-electron chi connectivity index (χ2n) is 1.69. The summed E-state index contributed by atoms with van der Waals surface area (Å²) in [6.07, 6.45) is 1.53. The highest BCUT2D eigenvalue weighted by Crippen LogP contribution is 1.90. The number of halogens is 2. The van der Waals surface area contributed by atoms with E-state index in [0.717, 1.165) is 0 Å². The Bertz CT molecular complexity index is 229. The van der Waals surface area contributed by atoms with E-state index in [1.54, 1.807) is 18.2 Å². The first-order valence-electron chi connectivity index (χ1n) is 2.76. The topological polar surface area (TPSA) is 68.0 Å². The van der Waals surface area contributed by atoms with E-state index in [4.69, 9.17) is 5.84 Å². The summed E-state index contributed by atoms with van der Waals surface area (Å²) in [4.78, 5) is 14.5. The van der Waals surface area contributed by atoms with Crippen LogP contribution in [0.2, 0.25) is 0 Å². The van der Waals surface area contributed by atoms with E-state index in [9.17, 15) is 4.79 Å². The smallest absolute Gasteiger partial charge is 0.283 e. The van der Waals surface area contributed by atoms with Crippen LogP contribution < -0.4 is 11.3 Å². The maximum Gasteiger partial charge on any atom is 0.283 e. The molecular formula is C6H9Cl2N3O. The number of hydrogen-bond acceptors (Lipinski definition) is 3. The Morgan fingerprint density at radius 2 is 2.08 bits per heavy atom. The summed E-state index contributed by atoms with van der Waals surface area (Å²) in [6.45, 7) is 0. The van der Waals surface area contributed by atoms with Crippen molar-refractivity contribution in [2.45, 2.75) is 0 Å². The number of aromatic nitrogens is 1. The molecule has 0 saturated heterocycles. The van der Waals surface area contributed by atoms with Crippen molar-refractivity contribution in [3.8, 4) is 0 Å². The van der Waals surface area contributed by atoms with Gasteiger partial charge in [-0.3, -0.25) is 15.2 Å². The standard InChI is InChI=1S/C6H7N3O.2ClH/c7-9-6(10)5-3-1-2-4-8-5;;/h1-4H,7H2,(H,9,10);2*1H. The van der Waals surface area contributed by atoms with Crippen LogP contribution in [0.4, 0.5) is 0 Å². The molecule has 68 valence electrons. The van der Waals surface area contributed by atoms with Crippen molar-refractivity contribution in [2.75, 3.05) is 0 Å². The molecule has 1 aromatic rings. The molecule has 0 atom stereocenters. The van der Waals surface area contributed by atoms with Crippen LogP contribution >= 0.6 is 24.8 Å². The van der Waals surface area contributed by atoms with Gasteiger partial charge >= 0.3 is 0 Å². The zero-order valence-corrected chi connectivity index (χ0v) is 7.69. The number of rotatable bonds is 1. The lowest BCUT2D eigenvalue weighted by atomic mass is 10.3. The maximum atomic E-state index is 10.7. The average molecular weight is 210 g/mol. The van der Waals surface area contributed by atoms with E-state index < -0.39 is 0 Å². The lowest BCUT2D eigenvalue weighted by molar-refractivity contribution is 0.0948. The van der Waals surface area contributed by atoms with Gasteiger partial charge in [0, 0.05) is 6.20 Å². The van der Waals surface area contributed by atoms with E-state index >= 15 is 0 Å². The van der Waals surface area contributed by atoms with Crippen molar-refractivity contribution in [3.63, 3.8) is 0 Å². The zero-order chi connectivity index (χ0) is 7.40. The third kappa shape index (κ3) is 3.52. The molecule has 1 rings (SSSR count). The van der Waals surface area contributed by atoms with Crippen LogP contribution in [0.25, 0.3) is 0 Å². The summed E-state index contributed by atoms with van der Waals surface area (Å²) in [5.74, 6) is 4.49. The molecule has 1 amide bonds.